The number of nitrogens with one attached hydrogen (secondary N) is 1. The molecule has 3 aromatic rings. The van der Waals surface area contributed by atoms with Gasteiger partial charge in [0.2, 0.25) is 11.1 Å². The molecule has 0 saturated heterocycles. The zero-order chi connectivity index (χ0) is 26.0. The minimum absolute atomic E-state index is 0.0668. The van der Waals surface area contributed by atoms with E-state index < -0.39 is 5.54 Å². The van der Waals surface area contributed by atoms with Gasteiger partial charge in [0.05, 0.1) is 32.7 Å². The van der Waals surface area contributed by atoms with Gasteiger partial charge in [-0.3, -0.25) is 4.79 Å². The summed E-state index contributed by atoms with van der Waals surface area (Å²) in [5, 5.41) is 16.0. The Morgan fingerprint density at radius 1 is 1.20 bits per heavy atom. The van der Waals surface area contributed by atoms with E-state index in [0.29, 0.717) is 32.1 Å². The van der Waals surface area contributed by atoms with Gasteiger partial charge in [0.1, 0.15) is 0 Å². The maximum absolute atomic E-state index is 12.6. The molecule has 2 aromatic carbocycles. The lowest BCUT2D eigenvalue weighted by Crippen LogP contribution is -2.29. The van der Waals surface area contributed by atoms with E-state index in [4.69, 9.17) is 28.9 Å². The Morgan fingerprint density at radius 3 is 2.54 bits per heavy atom. The molecule has 0 aliphatic heterocycles. The number of nitrogens with zero attached hydrogens (tertiary/aromatic N) is 4. The summed E-state index contributed by atoms with van der Waals surface area (Å²) in [5.41, 5.74) is 8.05. The third kappa shape index (κ3) is 7.45. The number of hydrogen-bond acceptors (Lipinski definition) is 6. The number of hydrogen-bond donors (Lipinski definition) is 2. The molecule has 0 radical (unpaired) electrons. The van der Waals surface area contributed by atoms with Crippen LogP contribution < -0.4 is 11.1 Å². The highest BCUT2D eigenvalue weighted by molar-refractivity contribution is 9.10. The fraction of sp³-hybridized carbons (Fsp3) is 0.333. The summed E-state index contributed by atoms with van der Waals surface area (Å²) in [5.74, 6) is 5.73. The predicted molar refractivity (Wildman–Crippen MR) is 147 cm³/mol. The van der Waals surface area contributed by atoms with E-state index in [9.17, 15) is 4.79 Å². The number of anilines is 1. The van der Waals surface area contributed by atoms with Gasteiger partial charge >= 0.3 is 0 Å². The molecule has 11 heteroatoms. The molecule has 0 bridgehead atoms. The Bertz CT molecular complexity index is 1320. The molecule has 7 nitrogen and oxygen atoms in total. The smallest absolute Gasteiger partial charge is 0.234 e. The summed E-state index contributed by atoms with van der Waals surface area (Å²) >= 11 is 17.6. The molecule has 0 aliphatic rings. The van der Waals surface area contributed by atoms with Gasteiger partial charge in [-0.25, -0.2) is 0 Å². The van der Waals surface area contributed by atoms with Crippen molar-refractivity contribution in [2.24, 2.45) is 5.73 Å². The van der Waals surface area contributed by atoms with Crippen LogP contribution >= 0.6 is 50.9 Å². The first-order chi connectivity index (χ1) is 16.2. The van der Waals surface area contributed by atoms with Crippen molar-refractivity contribution in [3.05, 3.63) is 56.0 Å². The van der Waals surface area contributed by atoms with Crippen LogP contribution in [0.25, 0.3) is 5.69 Å². The van der Waals surface area contributed by atoms with Crippen molar-refractivity contribution in [3.8, 4) is 17.5 Å². The van der Waals surface area contributed by atoms with Crippen molar-refractivity contribution in [2.45, 2.75) is 50.7 Å². The number of benzene rings is 2. The van der Waals surface area contributed by atoms with Crippen LogP contribution in [0.4, 0.5) is 5.69 Å². The lowest BCUT2D eigenvalue weighted by atomic mass is 9.87. The molecule has 35 heavy (non-hydrogen) atoms. The van der Waals surface area contributed by atoms with E-state index in [1.165, 1.54) is 16.4 Å². The highest BCUT2D eigenvalue weighted by atomic mass is 79.9. The minimum Gasteiger partial charge on any atom is -0.324 e. The normalized spacial score (nSPS) is 11.7. The van der Waals surface area contributed by atoms with E-state index in [0.717, 1.165) is 10.0 Å². The van der Waals surface area contributed by atoms with Crippen LogP contribution in [0.1, 0.15) is 45.7 Å². The van der Waals surface area contributed by atoms with Crippen molar-refractivity contribution in [1.82, 2.24) is 20.2 Å². The van der Waals surface area contributed by atoms with Gasteiger partial charge in [0.15, 0.2) is 0 Å². The van der Waals surface area contributed by atoms with E-state index in [-0.39, 0.29) is 17.1 Å². The van der Waals surface area contributed by atoms with Gasteiger partial charge in [0.25, 0.3) is 0 Å². The largest absolute Gasteiger partial charge is 0.324 e. The number of carbonyl (C=O) groups excluding carboxylic acids is 1. The molecule has 1 heterocycles. The van der Waals surface area contributed by atoms with E-state index in [1.807, 2.05) is 26.0 Å². The van der Waals surface area contributed by atoms with E-state index >= 15 is 0 Å². The number of tetrazole rings is 1. The summed E-state index contributed by atoms with van der Waals surface area (Å²) in [6.45, 7) is 9.95. The Hall–Kier alpha value is -2.09. The van der Waals surface area contributed by atoms with Crippen LogP contribution in [0, 0.1) is 11.8 Å². The molecule has 3 rings (SSSR count). The molecule has 1 amide bonds. The number of rotatable bonds is 5. The molecule has 0 atom stereocenters. The summed E-state index contributed by atoms with van der Waals surface area (Å²) in [7, 11) is 0. The maximum atomic E-state index is 12.6. The molecular weight excluding hydrogens is 571 g/mol. The first-order valence-electron chi connectivity index (χ1n) is 10.6. The molecule has 0 fully saturated rings. The van der Waals surface area contributed by atoms with E-state index in [1.54, 1.807) is 18.2 Å². The van der Waals surface area contributed by atoms with Crippen LogP contribution in [-0.4, -0.2) is 37.4 Å². The van der Waals surface area contributed by atoms with Crippen LogP contribution in [0.3, 0.4) is 0 Å². The molecule has 0 spiro atoms. The van der Waals surface area contributed by atoms with Gasteiger partial charge in [-0.15, -0.1) is 5.10 Å². The average Bonchev–Trinajstić information content (AvgIpc) is 3.21. The fourth-order valence-corrected chi connectivity index (χ4v) is 4.38. The quantitative estimate of drug-likeness (QED) is 0.284. The third-order valence-corrected chi connectivity index (χ3v) is 7.13. The molecular formula is C24H25BrCl2N6OS. The predicted octanol–water partition coefficient (Wildman–Crippen LogP) is 5.85. The lowest BCUT2D eigenvalue weighted by Gasteiger charge is -2.21. The molecule has 1 aromatic heterocycles. The zero-order valence-corrected chi connectivity index (χ0v) is 23.8. The highest BCUT2D eigenvalue weighted by Gasteiger charge is 2.21. The lowest BCUT2D eigenvalue weighted by molar-refractivity contribution is -0.113. The molecule has 0 aliphatic carbocycles. The Balaban J connectivity index is 1.73. The first-order valence-corrected chi connectivity index (χ1v) is 13.1. The third-order valence-electron chi connectivity index (χ3n) is 4.65. The van der Waals surface area contributed by atoms with Crippen LogP contribution in [0.5, 0.6) is 0 Å². The van der Waals surface area contributed by atoms with Gasteiger partial charge in [-0.1, -0.05) is 67.6 Å². The molecule has 0 saturated carbocycles. The number of aromatic nitrogens is 4. The number of halogens is 3. The summed E-state index contributed by atoms with van der Waals surface area (Å²) < 4.78 is 2.27. The second-order valence-corrected chi connectivity index (χ2v) is 12.0. The number of carbonyl (C=O) groups is 1. The molecule has 3 N–H and O–H groups in total. The Labute approximate surface area is 227 Å². The standard InChI is InChI=1S/C24H25BrCl2N6OS/c1-23(2,3)15-11-16(25)21(27)19(12-15)33-22(30-31-32-33)35-13-20(34)29-18-7-6-14(10-17(18)26)8-9-24(4,5)28/h6-7,10-12H,13,28H2,1-5H3,(H,29,34). The van der Waals surface area contributed by atoms with Crippen LogP contribution in [0.15, 0.2) is 40.0 Å². The number of amides is 1. The summed E-state index contributed by atoms with van der Waals surface area (Å²) in [4.78, 5) is 12.6. The monoisotopic (exact) mass is 594 g/mol. The van der Waals surface area contributed by atoms with Crippen molar-refractivity contribution >= 4 is 62.5 Å². The van der Waals surface area contributed by atoms with Crippen molar-refractivity contribution in [3.63, 3.8) is 0 Å². The van der Waals surface area contributed by atoms with Gasteiger partial charge in [-0.2, -0.15) is 4.68 Å². The van der Waals surface area contributed by atoms with Crippen LogP contribution in [-0.2, 0) is 10.2 Å². The van der Waals surface area contributed by atoms with Crippen LogP contribution in [0.2, 0.25) is 10.0 Å². The van der Waals surface area contributed by atoms with Crippen molar-refractivity contribution in [2.75, 3.05) is 11.1 Å². The van der Waals surface area contributed by atoms with Crippen molar-refractivity contribution in [1.29, 1.82) is 0 Å². The summed E-state index contributed by atoms with van der Waals surface area (Å²) in [6.07, 6.45) is 0. The first kappa shape index (κ1) is 27.5. The Kier molecular flexibility index (Phi) is 8.56. The van der Waals surface area contributed by atoms with Crippen molar-refractivity contribution < 1.29 is 4.79 Å². The number of thioether (sulfide) groups is 1. The van der Waals surface area contributed by atoms with Gasteiger partial charge in [-0.05, 0) is 81.5 Å². The topological polar surface area (TPSA) is 98.7 Å². The Morgan fingerprint density at radius 2 is 1.91 bits per heavy atom. The molecule has 0 unspecified atom stereocenters. The minimum atomic E-state index is -0.611. The fourth-order valence-electron chi connectivity index (χ4n) is 2.83. The maximum Gasteiger partial charge on any atom is 0.234 e. The van der Waals surface area contributed by atoms with E-state index in [2.05, 4.69) is 69.4 Å². The average molecular weight is 596 g/mol. The second kappa shape index (κ2) is 10.9. The van der Waals surface area contributed by atoms with Gasteiger partial charge in [0, 0.05) is 10.0 Å². The highest BCUT2D eigenvalue weighted by Crippen LogP contribution is 2.36. The SMILES string of the molecule is CC(C)(N)C#Cc1ccc(NC(=O)CSc2nnnn2-c2cc(C(C)(C)C)cc(Br)c2Cl)c(Cl)c1. The zero-order valence-electron chi connectivity index (χ0n) is 19.9. The molecule has 184 valence electrons. The van der Waals surface area contributed by atoms with Gasteiger partial charge < -0.3 is 11.1 Å². The second-order valence-electron chi connectivity index (χ2n) is 9.42. The summed E-state index contributed by atoms with van der Waals surface area (Å²) in [6, 6.07) is 9.09. The number of nitrogens with two attached hydrogens (primary N) is 1.